The second kappa shape index (κ2) is 9.54. The van der Waals surface area contributed by atoms with E-state index in [-0.39, 0.29) is 0 Å². The Labute approximate surface area is 126 Å². The Kier molecular flexibility index (Phi) is 8.79. The molecule has 1 N–H and O–H groups in total. The molecule has 0 saturated heterocycles. The Bertz CT molecular complexity index is 293. The summed E-state index contributed by atoms with van der Waals surface area (Å²) in [5, 5.41) is 3.50. The summed E-state index contributed by atoms with van der Waals surface area (Å²) < 4.78 is 2.35. The minimum Gasteiger partial charge on any atom is -0.312 e. The summed E-state index contributed by atoms with van der Waals surface area (Å²) in [5.74, 6) is 0. The highest BCUT2D eigenvalue weighted by atomic mass is 79.9. The van der Waals surface area contributed by atoms with Crippen LogP contribution in [0.5, 0.6) is 0 Å². The second-order valence-corrected chi connectivity index (χ2v) is 7.59. The largest absolute Gasteiger partial charge is 0.312 e. The van der Waals surface area contributed by atoms with Crippen LogP contribution in [-0.2, 0) is 6.54 Å². The van der Waals surface area contributed by atoms with Crippen molar-refractivity contribution in [1.82, 2.24) is 5.32 Å². The fourth-order valence-corrected chi connectivity index (χ4v) is 3.87. The molecule has 0 unspecified atom stereocenters. The summed E-state index contributed by atoms with van der Waals surface area (Å²) >= 11 is 8.82. The van der Waals surface area contributed by atoms with Gasteiger partial charge in [0.25, 0.3) is 0 Å². The van der Waals surface area contributed by atoms with Crippen LogP contribution in [0.1, 0.15) is 50.3 Å². The Hall–Kier alpha value is 0.620. The molecule has 0 aliphatic carbocycles. The first kappa shape index (κ1) is 15.7. The fraction of sp³-hybridized carbons (Fsp3) is 0.692. The van der Waals surface area contributed by atoms with Crippen LogP contribution in [0.2, 0.25) is 0 Å². The van der Waals surface area contributed by atoms with Crippen LogP contribution in [0.3, 0.4) is 0 Å². The summed E-state index contributed by atoms with van der Waals surface area (Å²) in [6.45, 7) is 4.39. The molecule has 4 heteroatoms. The molecule has 0 aromatic carbocycles. The van der Waals surface area contributed by atoms with Gasteiger partial charge >= 0.3 is 0 Å². The van der Waals surface area contributed by atoms with Crippen molar-refractivity contribution >= 4 is 43.2 Å². The Morgan fingerprint density at radius 1 is 1.12 bits per heavy atom. The van der Waals surface area contributed by atoms with Gasteiger partial charge in [-0.3, -0.25) is 0 Å². The first-order valence-corrected chi connectivity index (χ1v) is 8.78. The van der Waals surface area contributed by atoms with E-state index < -0.39 is 0 Å². The molecule has 0 atom stereocenters. The Balaban J connectivity index is 1.97. The monoisotopic (exact) mass is 381 g/mol. The van der Waals surface area contributed by atoms with Crippen LogP contribution < -0.4 is 5.32 Å². The number of thiophene rings is 1. The average molecular weight is 383 g/mol. The molecule has 1 aromatic rings. The predicted molar refractivity (Wildman–Crippen MR) is 84.8 cm³/mol. The van der Waals surface area contributed by atoms with Crippen LogP contribution in [0.25, 0.3) is 0 Å². The molecule has 17 heavy (non-hydrogen) atoms. The van der Waals surface area contributed by atoms with Gasteiger partial charge in [0, 0.05) is 15.9 Å². The van der Waals surface area contributed by atoms with Gasteiger partial charge in [0.2, 0.25) is 0 Å². The van der Waals surface area contributed by atoms with Gasteiger partial charge in [-0.25, -0.2) is 0 Å². The van der Waals surface area contributed by atoms with E-state index in [9.17, 15) is 0 Å². The smallest absolute Gasteiger partial charge is 0.0843 e. The first-order valence-electron chi connectivity index (χ1n) is 6.38. The van der Waals surface area contributed by atoms with Crippen molar-refractivity contribution in [3.8, 4) is 0 Å². The summed E-state index contributed by atoms with van der Waals surface area (Å²) in [4.78, 5) is 1.38. The van der Waals surface area contributed by atoms with E-state index in [1.807, 2.05) is 0 Å². The summed E-state index contributed by atoms with van der Waals surface area (Å²) in [6, 6.07) is 2.18. The number of halogens is 2. The maximum atomic E-state index is 3.52. The molecule has 0 saturated carbocycles. The van der Waals surface area contributed by atoms with Gasteiger partial charge in [-0.15, -0.1) is 11.3 Å². The van der Waals surface area contributed by atoms with Crippen molar-refractivity contribution < 1.29 is 0 Å². The molecule has 1 heterocycles. The molecule has 1 aromatic heterocycles. The highest BCUT2D eigenvalue weighted by Gasteiger charge is 2.02. The number of hydrogen-bond acceptors (Lipinski definition) is 2. The lowest BCUT2D eigenvalue weighted by molar-refractivity contribution is 0.573. The molecule has 98 valence electrons. The van der Waals surface area contributed by atoms with Crippen LogP contribution in [-0.4, -0.2) is 6.54 Å². The predicted octanol–water partition coefficient (Wildman–Crippen LogP) is 5.72. The number of hydrogen-bond donors (Lipinski definition) is 1. The minimum absolute atomic E-state index is 0.990. The van der Waals surface area contributed by atoms with Gasteiger partial charge in [0.15, 0.2) is 0 Å². The van der Waals surface area contributed by atoms with Crippen LogP contribution in [0.15, 0.2) is 14.3 Å². The number of nitrogens with one attached hydrogen (secondary N) is 1. The highest BCUT2D eigenvalue weighted by molar-refractivity contribution is 9.13. The SMILES string of the molecule is CCCCCCCCNCc1cc(Br)c(Br)s1. The van der Waals surface area contributed by atoms with E-state index in [2.05, 4.69) is 50.2 Å². The van der Waals surface area contributed by atoms with Gasteiger partial charge < -0.3 is 5.32 Å². The van der Waals surface area contributed by atoms with Gasteiger partial charge in [-0.05, 0) is 50.9 Å². The lowest BCUT2D eigenvalue weighted by atomic mass is 10.1. The van der Waals surface area contributed by atoms with E-state index in [4.69, 9.17) is 0 Å². The Morgan fingerprint density at radius 3 is 2.47 bits per heavy atom. The van der Waals surface area contributed by atoms with E-state index in [1.165, 1.54) is 51.7 Å². The third kappa shape index (κ3) is 6.94. The number of unbranched alkanes of at least 4 members (excludes halogenated alkanes) is 5. The molecule has 0 fully saturated rings. The van der Waals surface area contributed by atoms with Crippen molar-refractivity contribution in [1.29, 1.82) is 0 Å². The molecule has 0 radical (unpaired) electrons. The van der Waals surface area contributed by atoms with Crippen molar-refractivity contribution in [3.05, 3.63) is 19.2 Å². The highest BCUT2D eigenvalue weighted by Crippen LogP contribution is 2.32. The lowest BCUT2D eigenvalue weighted by Gasteiger charge is -2.03. The maximum Gasteiger partial charge on any atom is 0.0843 e. The third-order valence-electron chi connectivity index (χ3n) is 2.70. The van der Waals surface area contributed by atoms with Crippen molar-refractivity contribution in [2.75, 3.05) is 6.54 Å². The van der Waals surface area contributed by atoms with Crippen LogP contribution in [0, 0.1) is 0 Å². The van der Waals surface area contributed by atoms with E-state index in [1.54, 1.807) is 11.3 Å². The molecule has 1 rings (SSSR count). The van der Waals surface area contributed by atoms with Crippen molar-refractivity contribution in [2.24, 2.45) is 0 Å². The number of rotatable bonds is 9. The zero-order chi connectivity index (χ0) is 12.5. The van der Waals surface area contributed by atoms with E-state index in [0.717, 1.165) is 13.1 Å². The molecule has 0 aliphatic rings. The lowest BCUT2D eigenvalue weighted by Crippen LogP contribution is -2.13. The normalized spacial score (nSPS) is 11.0. The van der Waals surface area contributed by atoms with E-state index in [0.29, 0.717) is 0 Å². The molecule has 0 spiro atoms. The summed E-state index contributed by atoms with van der Waals surface area (Å²) in [5.41, 5.74) is 0. The molecule has 0 bridgehead atoms. The summed E-state index contributed by atoms with van der Waals surface area (Å²) in [7, 11) is 0. The van der Waals surface area contributed by atoms with Gasteiger partial charge in [0.1, 0.15) is 0 Å². The minimum atomic E-state index is 0.990. The standard InChI is InChI=1S/C13H21Br2NS/c1-2-3-4-5-6-7-8-16-10-11-9-12(14)13(15)17-11/h9,16H,2-8,10H2,1H3. The topological polar surface area (TPSA) is 12.0 Å². The van der Waals surface area contributed by atoms with Gasteiger partial charge in [0.05, 0.1) is 3.79 Å². The third-order valence-corrected chi connectivity index (χ3v) is 5.96. The maximum absolute atomic E-state index is 3.52. The van der Waals surface area contributed by atoms with Crippen LogP contribution in [0.4, 0.5) is 0 Å². The molecule has 1 nitrogen and oxygen atoms in total. The first-order chi connectivity index (χ1) is 8.24. The van der Waals surface area contributed by atoms with Crippen molar-refractivity contribution in [3.63, 3.8) is 0 Å². The average Bonchev–Trinajstić information content (AvgIpc) is 2.62. The Morgan fingerprint density at radius 2 is 1.82 bits per heavy atom. The van der Waals surface area contributed by atoms with E-state index >= 15 is 0 Å². The van der Waals surface area contributed by atoms with Crippen LogP contribution >= 0.6 is 43.2 Å². The second-order valence-electron chi connectivity index (χ2n) is 4.28. The summed E-state index contributed by atoms with van der Waals surface area (Å²) in [6.07, 6.45) is 8.19. The molecule has 0 amide bonds. The zero-order valence-electron chi connectivity index (χ0n) is 10.4. The molecular formula is C13H21Br2NS. The molecule has 0 aliphatic heterocycles. The zero-order valence-corrected chi connectivity index (χ0v) is 14.4. The fourth-order valence-electron chi connectivity index (χ4n) is 1.72. The van der Waals surface area contributed by atoms with Gasteiger partial charge in [-0.2, -0.15) is 0 Å². The molecular weight excluding hydrogens is 362 g/mol. The quantitative estimate of drug-likeness (QED) is 0.538. The van der Waals surface area contributed by atoms with Crippen molar-refractivity contribution in [2.45, 2.75) is 52.0 Å². The van der Waals surface area contributed by atoms with Gasteiger partial charge in [-0.1, -0.05) is 39.0 Å².